The number of hydrogen-bond donors (Lipinski definition) is 0. The van der Waals surface area contributed by atoms with Crippen molar-refractivity contribution in [3.63, 3.8) is 0 Å². The van der Waals surface area contributed by atoms with Crippen LogP contribution >= 0.6 is 0 Å². The van der Waals surface area contributed by atoms with Crippen LogP contribution in [0.4, 0.5) is 0 Å². The van der Waals surface area contributed by atoms with E-state index in [9.17, 15) is 0 Å². The van der Waals surface area contributed by atoms with Crippen molar-refractivity contribution in [2.24, 2.45) is 0 Å². The SMILES string of the molecule is CC(C)(C)c1cc2cc(c1)C(C)(C)CC(C)(C)c1cc(cc(C(C)(C)C)c1)-c1c3c(c(-c4ccccc4)c4ccccc14)-c1ccc4c5c(ccc-3c15)-c1c-4c(-c3ccccc3)c3ccccc3c1-2. The molecule has 69 heavy (non-hydrogen) atoms. The largest absolute Gasteiger partial charge is 0.0622 e. The average Bonchev–Trinajstić information content (AvgIpc) is 3.83. The van der Waals surface area contributed by atoms with Gasteiger partial charge in [0.15, 0.2) is 0 Å². The summed E-state index contributed by atoms with van der Waals surface area (Å²) in [5.74, 6) is 0. The van der Waals surface area contributed by atoms with Gasteiger partial charge in [-0.15, -0.1) is 0 Å². The fraction of sp³-hybridized carbons (Fsp3) is 0.217. The molecule has 0 saturated carbocycles. The third kappa shape index (κ3) is 6.07. The van der Waals surface area contributed by atoms with Crippen LogP contribution in [0.1, 0.15) is 97.9 Å². The van der Waals surface area contributed by atoms with Crippen LogP contribution in [0.3, 0.4) is 0 Å². The summed E-state index contributed by atoms with van der Waals surface area (Å²) in [4.78, 5) is 0. The number of hydrogen-bond acceptors (Lipinski definition) is 0. The normalized spacial score (nSPS) is 15.0. The maximum Gasteiger partial charge on any atom is -0.000740 e. The van der Waals surface area contributed by atoms with Crippen molar-refractivity contribution in [1.82, 2.24) is 0 Å². The Hall–Kier alpha value is -7.02. The van der Waals surface area contributed by atoms with Crippen molar-refractivity contribution >= 4 is 32.3 Å². The maximum atomic E-state index is 2.59. The summed E-state index contributed by atoms with van der Waals surface area (Å²) in [7, 11) is 0. The lowest BCUT2D eigenvalue weighted by Crippen LogP contribution is -2.30. The van der Waals surface area contributed by atoms with Gasteiger partial charge in [0.25, 0.3) is 0 Å². The molecule has 0 saturated heterocycles. The quantitative estimate of drug-likeness (QED) is 0.162. The second-order valence-electron chi connectivity index (χ2n) is 23.9. The van der Waals surface area contributed by atoms with Gasteiger partial charge in [0.05, 0.1) is 0 Å². The zero-order chi connectivity index (χ0) is 47.5. The number of rotatable bonds is 2. The molecule has 10 aromatic carbocycles. The summed E-state index contributed by atoms with van der Waals surface area (Å²) in [6.07, 6.45) is 0.976. The Kier molecular flexibility index (Phi) is 8.71. The fourth-order valence-electron chi connectivity index (χ4n) is 13.2. The summed E-state index contributed by atoms with van der Waals surface area (Å²) in [6.45, 7) is 24.3. The predicted octanol–water partition coefficient (Wildman–Crippen LogP) is 19.7. The van der Waals surface area contributed by atoms with Crippen LogP contribution in [0.15, 0.2) is 170 Å². The zero-order valence-corrected chi connectivity index (χ0v) is 41.9. The number of benzene rings is 10. The zero-order valence-electron chi connectivity index (χ0n) is 41.9. The van der Waals surface area contributed by atoms with E-state index >= 15 is 0 Å². The van der Waals surface area contributed by atoms with Crippen LogP contribution in [0, 0.1) is 0 Å². The molecule has 0 nitrogen and oxygen atoms in total. The molecule has 0 amide bonds. The molecule has 0 radical (unpaired) electrons. The van der Waals surface area contributed by atoms with Gasteiger partial charge in [0.2, 0.25) is 0 Å². The van der Waals surface area contributed by atoms with Crippen molar-refractivity contribution in [2.45, 2.75) is 97.3 Å². The minimum absolute atomic E-state index is 0.0682. The molecule has 0 aliphatic heterocycles. The van der Waals surface area contributed by atoms with Crippen molar-refractivity contribution in [3.05, 3.63) is 192 Å². The first-order valence-electron chi connectivity index (χ1n) is 25.2. The second kappa shape index (κ2) is 14.3. The first kappa shape index (κ1) is 42.1. The Labute approximate surface area is 408 Å². The summed E-state index contributed by atoms with van der Waals surface area (Å²) in [6, 6.07) is 66.3. The maximum absolute atomic E-state index is 2.59. The van der Waals surface area contributed by atoms with Crippen LogP contribution in [0.2, 0.25) is 0 Å². The Balaban J connectivity index is 1.28. The van der Waals surface area contributed by atoms with E-state index in [2.05, 4.69) is 239 Å². The van der Waals surface area contributed by atoms with E-state index in [-0.39, 0.29) is 21.7 Å². The van der Waals surface area contributed by atoms with Crippen LogP contribution < -0.4 is 0 Å². The van der Waals surface area contributed by atoms with Crippen LogP contribution in [0.25, 0.3) is 121 Å². The lowest BCUT2D eigenvalue weighted by molar-refractivity contribution is 0.348. The van der Waals surface area contributed by atoms with Gasteiger partial charge in [-0.25, -0.2) is 0 Å². The predicted molar refractivity (Wildman–Crippen MR) is 298 cm³/mol. The molecule has 14 rings (SSSR count). The van der Waals surface area contributed by atoms with E-state index in [0.717, 1.165) is 6.42 Å². The summed E-state index contributed by atoms with van der Waals surface area (Å²) >= 11 is 0. The molecule has 0 heterocycles. The first-order chi connectivity index (χ1) is 33.0. The highest BCUT2D eigenvalue weighted by molar-refractivity contribution is 6.35. The highest BCUT2D eigenvalue weighted by atomic mass is 14.4. The van der Waals surface area contributed by atoms with Gasteiger partial charge in [0, 0.05) is 0 Å². The van der Waals surface area contributed by atoms with Crippen LogP contribution in [-0.4, -0.2) is 0 Å². The van der Waals surface area contributed by atoms with Gasteiger partial charge in [0.1, 0.15) is 0 Å². The van der Waals surface area contributed by atoms with Crippen molar-refractivity contribution < 1.29 is 0 Å². The molecule has 0 fully saturated rings. The highest BCUT2D eigenvalue weighted by Crippen LogP contribution is 2.65. The van der Waals surface area contributed by atoms with Crippen molar-refractivity contribution in [3.8, 4) is 89.0 Å². The Morgan fingerprint density at radius 2 is 0.594 bits per heavy atom. The van der Waals surface area contributed by atoms with Crippen LogP contribution in [-0.2, 0) is 21.7 Å². The molecule has 10 bridgehead atoms. The average molecular weight is 889 g/mol. The van der Waals surface area contributed by atoms with E-state index in [0.29, 0.717) is 0 Å². The van der Waals surface area contributed by atoms with E-state index in [4.69, 9.17) is 0 Å². The standard InChI is InChI=1S/C69H60/c1-66(2,3)44-33-42-35-46(37-44)68(7,8)39-69(9,10)47-36-43(34-45(38-47)67(4,5)6)59-51-28-20-18-26-49(51)57(41-23-15-12-16-24-41)63-53-30-29-52-60-54(31-32-55(61(53)60)65(59)63)64-58(42)50-27-19-17-25-48(50)56(62(52)64)40-21-13-11-14-22-40/h11-38H,39H2,1-10H3. The molecule has 0 spiro atoms. The lowest BCUT2D eigenvalue weighted by atomic mass is 9.66. The molecule has 10 aromatic rings. The third-order valence-electron chi connectivity index (χ3n) is 16.4. The highest BCUT2D eigenvalue weighted by Gasteiger charge is 2.39. The Morgan fingerprint density at radius 1 is 0.304 bits per heavy atom. The van der Waals surface area contributed by atoms with Gasteiger partial charge in [-0.05, 0) is 172 Å². The minimum atomic E-state index is -0.172. The Morgan fingerprint density at radius 3 is 0.899 bits per heavy atom. The second-order valence-corrected chi connectivity index (χ2v) is 23.9. The van der Waals surface area contributed by atoms with Crippen molar-refractivity contribution in [2.75, 3.05) is 0 Å². The van der Waals surface area contributed by atoms with Crippen LogP contribution in [0.5, 0.6) is 0 Å². The van der Waals surface area contributed by atoms with E-state index < -0.39 is 0 Å². The van der Waals surface area contributed by atoms with E-state index in [1.807, 2.05) is 0 Å². The molecule has 0 unspecified atom stereocenters. The summed E-state index contributed by atoms with van der Waals surface area (Å²) in [5.41, 5.74) is 26.3. The minimum Gasteiger partial charge on any atom is -0.0622 e. The van der Waals surface area contributed by atoms with Gasteiger partial charge in [-0.1, -0.05) is 239 Å². The molecule has 0 atom stereocenters. The molecule has 0 aromatic heterocycles. The lowest BCUT2D eigenvalue weighted by Gasteiger charge is -2.38. The first-order valence-corrected chi connectivity index (χ1v) is 25.2. The molecule has 0 heteroatoms. The molecule has 0 N–H and O–H groups in total. The van der Waals surface area contributed by atoms with E-state index in [1.165, 1.54) is 144 Å². The van der Waals surface area contributed by atoms with Gasteiger partial charge < -0.3 is 0 Å². The summed E-state index contributed by atoms with van der Waals surface area (Å²) in [5, 5.41) is 7.95. The topological polar surface area (TPSA) is 0 Å². The molecule has 4 aliphatic carbocycles. The number of fused-ring (bicyclic) bond motifs is 7. The monoisotopic (exact) mass is 888 g/mol. The third-order valence-corrected chi connectivity index (χ3v) is 16.4. The van der Waals surface area contributed by atoms with Crippen molar-refractivity contribution in [1.29, 1.82) is 0 Å². The fourth-order valence-corrected chi connectivity index (χ4v) is 13.2. The Bertz CT molecular complexity index is 3590. The smallest absolute Gasteiger partial charge is 0.000740 e. The summed E-state index contributed by atoms with van der Waals surface area (Å²) < 4.78 is 0. The molecular formula is C69H60. The molecular weight excluding hydrogens is 829 g/mol. The van der Waals surface area contributed by atoms with Gasteiger partial charge in [-0.2, -0.15) is 0 Å². The van der Waals surface area contributed by atoms with E-state index in [1.54, 1.807) is 0 Å². The molecule has 4 aliphatic rings. The molecule has 336 valence electrons. The van der Waals surface area contributed by atoms with Gasteiger partial charge in [-0.3, -0.25) is 0 Å². The van der Waals surface area contributed by atoms with Gasteiger partial charge >= 0.3 is 0 Å².